The molecule has 0 rings (SSSR count). The van der Waals surface area contributed by atoms with E-state index >= 15 is 0 Å². The monoisotopic (exact) mass is 1480 g/mol. The molecule has 6 atom stereocenters. The maximum atomic E-state index is 13.1. The highest BCUT2D eigenvalue weighted by atomic mass is 31.2. The van der Waals surface area contributed by atoms with Gasteiger partial charge in [-0.05, 0) is 37.5 Å². The summed E-state index contributed by atoms with van der Waals surface area (Å²) in [6.07, 6.45) is 63.7. The van der Waals surface area contributed by atoms with Crippen molar-refractivity contribution in [1.29, 1.82) is 0 Å². The SMILES string of the molecule is CCCCCCCCCCCCCCCCCCCC(=O)OC[C@H](COP(=O)(O)OC[C@@H](O)COP(=O)(O)OC[C@@H](COC(=O)CCCCCCCCCCC(C)CC)OC(=O)CCCCCCCCCCCCCCC)OC(=O)CCCCCCCCCCCCCCCCCCC(C)C. The fourth-order valence-electron chi connectivity index (χ4n) is 12.7. The van der Waals surface area contributed by atoms with Crippen LogP contribution in [0.3, 0.4) is 0 Å². The van der Waals surface area contributed by atoms with E-state index in [-0.39, 0.29) is 25.7 Å². The Hall–Kier alpha value is -1.94. The summed E-state index contributed by atoms with van der Waals surface area (Å²) in [6.45, 7) is 9.68. The summed E-state index contributed by atoms with van der Waals surface area (Å²) in [6, 6.07) is 0. The van der Waals surface area contributed by atoms with Gasteiger partial charge in [-0.1, -0.05) is 382 Å². The van der Waals surface area contributed by atoms with Gasteiger partial charge in [0.2, 0.25) is 0 Å². The fourth-order valence-corrected chi connectivity index (χ4v) is 14.3. The zero-order valence-electron chi connectivity index (χ0n) is 66.2. The zero-order chi connectivity index (χ0) is 74.2. The standard InChI is InChI=1S/C82H160O17P2/c1-7-10-12-14-16-18-20-22-23-24-28-32-35-39-46-52-58-64-79(84)92-70-77(98-82(87)67-61-55-49-41-37-33-29-26-25-27-31-34-38-44-50-56-62-74(4)5)72-96-100(88,89)94-68-76(83)69-95-101(90,91)97-73-78(71-93-80(85)65-59-53-47-43-42-45-51-57-63-75(6)9-3)99-81(86)66-60-54-48-40-36-30-21-19-17-15-13-11-8-2/h74-78,83H,7-73H2,1-6H3,(H,88,89)(H,90,91)/t75?,76-,77-,78-/m1/s1. The first kappa shape index (κ1) is 99.1. The number of carbonyl (C=O) groups is 4. The molecule has 0 saturated carbocycles. The highest BCUT2D eigenvalue weighted by Crippen LogP contribution is 2.45. The van der Waals surface area contributed by atoms with Crippen LogP contribution in [0.15, 0.2) is 0 Å². The van der Waals surface area contributed by atoms with Crippen LogP contribution in [0.5, 0.6) is 0 Å². The number of aliphatic hydroxyl groups is 1. The second-order valence-corrected chi connectivity index (χ2v) is 33.1. The van der Waals surface area contributed by atoms with Crippen molar-refractivity contribution in [1.82, 2.24) is 0 Å². The average Bonchev–Trinajstić information content (AvgIpc) is 0.932. The van der Waals surface area contributed by atoms with E-state index in [1.807, 2.05) is 0 Å². The number of hydrogen-bond acceptors (Lipinski definition) is 15. The lowest BCUT2D eigenvalue weighted by molar-refractivity contribution is -0.161. The van der Waals surface area contributed by atoms with E-state index < -0.39 is 97.5 Å². The summed E-state index contributed by atoms with van der Waals surface area (Å²) in [4.78, 5) is 73.1. The summed E-state index contributed by atoms with van der Waals surface area (Å²) < 4.78 is 68.8. The van der Waals surface area contributed by atoms with Crippen LogP contribution in [-0.4, -0.2) is 96.7 Å². The number of aliphatic hydroxyl groups excluding tert-OH is 1. The number of esters is 4. The second-order valence-electron chi connectivity index (χ2n) is 30.2. The smallest absolute Gasteiger partial charge is 0.462 e. The minimum absolute atomic E-state index is 0.107. The van der Waals surface area contributed by atoms with E-state index in [9.17, 15) is 43.2 Å². The molecule has 0 fully saturated rings. The first-order valence-corrected chi connectivity index (χ1v) is 45.5. The van der Waals surface area contributed by atoms with E-state index in [2.05, 4.69) is 41.5 Å². The summed E-state index contributed by atoms with van der Waals surface area (Å²) in [7, 11) is -9.92. The third kappa shape index (κ3) is 74.7. The fraction of sp³-hybridized carbons (Fsp3) is 0.951. The van der Waals surface area contributed by atoms with Gasteiger partial charge in [-0.2, -0.15) is 0 Å². The van der Waals surface area contributed by atoms with E-state index in [0.717, 1.165) is 102 Å². The Morgan fingerprint density at radius 3 is 0.752 bits per heavy atom. The van der Waals surface area contributed by atoms with E-state index in [4.69, 9.17) is 37.0 Å². The highest BCUT2D eigenvalue weighted by Gasteiger charge is 2.30. The first-order valence-electron chi connectivity index (χ1n) is 42.5. The van der Waals surface area contributed by atoms with Gasteiger partial charge in [0, 0.05) is 25.7 Å². The third-order valence-electron chi connectivity index (χ3n) is 19.6. The Labute approximate surface area is 619 Å². The van der Waals surface area contributed by atoms with Crippen LogP contribution >= 0.6 is 15.6 Å². The molecule has 19 heteroatoms. The van der Waals surface area contributed by atoms with Crippen molar-refractivity contribution in [2.75, 3.05) is 39.6 Å². The molecule has 0 amide bonds. The predicted molar refractivity (Wildman–Crippen MR) is 414 cm³/mol. The molecule has 17 nitrogen and oxygen atoms in total. The summed E-state index contributed by atoms with van der Waals surface area (Å²) >= 11 is 0. The first-order chi connectivity index (χ1) is 48.9. The molecule has 0 aromatic heterocycles. The van der Waals surface area contributed by atoms with Gasteiger partial charge in [0.25, 0.3) is 0 Å². The second kappa shape index (κ2) is 73.6. The van der Waals surface area contributed by atoms with E-state index in [1.54, 1.807) is 0 Å². The zero-order valence-corrected chi connectivity index (χ0v) is 68.0. The maximum Gasteiger partial charge on any atom is 0.472 e. The van der Waals surface area contributed by atoms with E-state index in [0.29, 0.717) is 25.7 Å². The van der Waals surface area contributed by atoms with Crippen molar-refractivity contribution in [2.24, 2.45) is 11.8 Å². The third-order valence-corrected chi connectivity index (χ3v) is 21.5. The summed E-state index contributed by atoms with van der Waals surface area (Å²) in [5.74, 6) is -0.518. The molecular formula is C82H160O17P2. The largest absolute Gasteiger partial charge is 0.472 e. The van der Waals surface area contributed by atoms with Crippen LogP contribution in [0.1, 0.15) is 433 Å². The normalized spacial score (nSPS) is 14.2. The Balaban J connectivity index is 5.25. The van der Waals surface area contributed by atoms with Crippen molar-refractivity contribution in [3.8, 4) is 0 Å². The molecule has 600 valence electrons. The van der Waals surface area contributed by atoms with Crippen molar-refractivity contribution < 1.29 is 80.2 Å². The molecule has 3 unspecified atom stereocenters. The Kier molecular flexibility index (Phi) is 72.2. The van der Waals surface area contributed by atoms with Crippen LogP contribution in [0, 0.1) is 11.8 Å². The van der Waals surface area contributed by atoms with Gasteiger partial charge in [0.05, 0.1) is 26.4 Å². The predicted octanol–water partition coefficient (Wildman–Crippen LogP) is 24.7. The number of phosphoric acid groups is 2. The number of unbranched alkanes of at least 4 members (excludes halogenated alkanes) is 50. The van der Waals surface area contributed by atoms with Crippen molar-refractivity contribution in [3.63, 3.8) is 0 Å². The lowest BCUT2D eigenvalue weighted by atomic mass is 9.99. The molecule has 0 aromatic rings. The number of carbonyl (C=O) groups excluding carboxylic acids is 4. The van der Waals surface area contributed by atoms with Gasteiger partial charge in [-0.3, -0.25) is 37.3 Å². The minimum Gasteiger partial charge on any atom is -0.462 e. The molecule has 0 radical (unpaired) electrons. The molecule has 0 aromatic carbocycles. The highest BCUT2D eigenvalue weighted by molar-refractivity contribution is 7.47. The van der Waals surface area contributed by atoms with Crippen molar-refractivity contribution in [2.45, 2.75) is 452 Å². The van der Waals surface area contributed by atoms with Crippen LogP contribution < -0.4 is 0 Å². The van der Waals surface area contributed by atoms with Crippen LogP contribution in [-0.2, 0) is 65.4 Å². The van der Waals surface area contributed by atoms with Gasteiger partial charge >= 0.3 is 39.5 Å². The van der Waals surface area contributed by atoms with E-state index in [1.165, 1.54) is 250 Å². The number of hydrogen-bond donors (Lipinski definition) is 3. The molecular weight excluding hydrogens is 1320 g/mol. The Bertz CT molecular complexity index is 1940. The quantitative estimate of drug-likeness (QED) is 0.0222. The number of rotatable bonds is 81. The number of ether oxygens (including phenoxy) is 4. The molecule has 101 heavy (non-hydrogen) atoms. The molecule has 0 aliphatic carbocycles. The van der Waals surface area contributed by atoms with Gasteiger partial charge in [-0.15, -0.1) is 0 Å². The van der Waals surface area contributed by atoms with Gasteiger partial charge in [0.15, 0.2) is 12.2 Å². The van der Waals surface area contributed by atoms with Gasteiger partial charge in [-0.25, -0.2) is 9.13 Å². The molecule has 0 bridgehead atoms. The van der Waals surface area contributed by atoms with Crippen molar-refractivity contribution >= 4 is 39.5 Å². The van der Waals surface area contributed by atoms with Gasteiger partial charge < -0.3 is 33.8 Å². The van der Waals surface area contributed by atoms with Gasteiger partial charge in [0.1, 0.15) is 19.3 Å². The summed E-state index contributed by atoms with van der Waals surface area (Å²) in [5.41, 5.74) is 0. The molecule has 0 aliphatic heterocycles. The molecule has 3 N–H and O–H groups in total. The Morgan fingerprint density at radius 1 is 0.287 bits per heavy atom. The van der Waals surface area contributed by atoms with Crippen molar-refractivity contribution in [3.05, 3.63) is 0 Å². The molecule has 0 saturated heterocycles. The average molecular weight is 1480 g/mol. The molecule has 0 aliphatic rings. The molecule has 0 heterocycles. The lowest BCUT2D eigenvalue weighted by Crippen LogP contribution is -2.30. The van der Waals surface area contributed by atoms with Crippen LogP contribution in [0.4, 0.5) is 0 Å². The summed E-state index contributed by atoms with van der Waals surface area (Å²) in [5, 5.41) is 10.7. The number of phosphoric ester groups is 2. The van der Waals surface area contributed by atoms with Crippen LogP contribution in [0.25, 0.3) is 0 Å². The van der Waals surface area contributed by atoms with Crippen LogP contribution in [0.2, 0.25) is 0 Å². The topological polar surface area (TPSA) is 237 Å². The maximum absolute atomic E-state index is 13.1. The Morgan fingerprint density at radius 2 is 0.505 bits per heavy atom. The lowest BCUT2D eigenvalue weighted by Gasteiger charge is -2.21. The minimum atomic E-state index is -4.96. The molecule has 0 spiro atoms.